The van der Waals surface area contributed by atoms with Crippen LogP contribution in [-0.4, -0.2) is 42.5 Å². The Balaban J connectivity index is 2.19. The molecule has 0 bridgehead atoms. The third kappa shape index (κ3) is 2.69. The van der Waals surface area contributed by atoms with E-state index in [9.17, 15) is 19.8 Å². The molecule has 4 rings (SSSR count). The first kappa shape index (κ1) is 19.7. The minimum atomic E-state index is -2.11. The number of carbonyl (C=O) groups excluding carboxylic acids is 2. The number of ether oxygens (including phenoxy) is 2. The standard InChI is InChI=1S/C24H20O6/c1-29-22(27)24(23(28)30-2)13-15-8-4-6-10-17(15)20(21(24)26)19-16-9-5-3-7-14(16)11-12-18(19)25/h3-13,21,25-26H,1-2H3. The molecule has 0 fully saturated rings. The Hall–Kier alpha value is -3.64. The van der Waals surface area contributed by atoms with Crippen molar-refractivity contribution in [1.82, 2.24) is 0 Å². The smallest absolute Gasteiger partial charge is 0.330 e. The lowest BCUT2D eigenvalue weighted by Crippen LogP contribution is -2.55. The number of aromatic hydroxyl groups is 1. The van der Waals surface area contributed by atoms with Gasteiger partial charge in [-0.2, -0.15) is 0 Å². The number of carbonyl (C=O) groups is 2. The van der Waals surface area contributed by atoms with Crippen LogP contribution in [0, 0.1) is 5.41 Å². The summed E-state index contributed by atoms with van der Waals surface area (Å²) in [5.74, 6) is -1.98. The van der Waals surface area contributed by atoms with Crippen molar-refractivity contribution >= 4 is 34.4 Å². The van der Waals surface area contributed by atoms with Gasteiger partial charge in [0.1, 0.15) is 11.9 Å². The monoisotopic (exact) mass is 404 g/mol. The molecule has 0 saturated heterocycles. The molecule has 30 heavy (non-hydrogen) atoms. The molecule has 0 spiro atoms. The minimum Gasteiger partial charge on any atom is -0.507 e. The lowest BCUT2D eigenvalue weighted by Gasteiger charge is -2.34. The van der Waals surface area contributed by atoms with Crippen molar-refractivity contribution in [3.05, 3.63) is 76.7 Å². The number of phenolic OH excluding ortho intramolecular Hbond substituents is 1. The number of hydrogen-bond acceptors (Lipinski definition) is 6. The Morgan fingerprint density at radius 1 is 0.900 bits per heavy atom. The van der Waals surface area contributed by atoms with Gasteiger partial charge in [0.05, 0.1) is 14.2 Å². The van der Waals surface area contributed by atoms with Gasteiger partial charge in [0.2, 0.25) is 5.41 Å². The largest absolute Gasteiger partial charge is 0.507 e. The molecule has 2 N–H and O–H groups in total. The van der Waals surface area contributed by atoms with Crippen LogP contribution >= 0.6 is 0 Å². The van der Waals surface area contributed by atoms with Crippen LogP contribution in [0.15, 0.2) is 60.7 Å². The van der Waals surface area contributed by atoms with Crippen molar-refractivity contribution in [2.45, 2.75) is 6.10 Å². The summed E-state index contributed by atoms with van der Waals surface area (Å²) in [6.07, 6.45) is -0.278. The number of rotatable bonds is 3. The van der Waals surface area contributed by atoms with Gasteiger partial charge in [0.25, 0.3) is 0 Å². The highest BCUT2D eigenvalue weighted by atomic mass is 16.5. The molecule has 0 heterocycles. The van der Waals surface area contributed by atoms with Crippen molar-refractivity contribution in [2.75, 3.05) is 14.2 Å². The topological polar surface area (TPSA) is 93.1 Å². The molecule has 0 saturated carbocycles. The SMILES string of the molecule is COC(=O)C1(C(=O)OC)C=c2ccccc2=C(c2c(O)ccc3ccccc23)C1O. The normalized spacial score (nSPS) is 17.0. The van der Waals surface area contributed by atoms with Crippen LogP contribution in [0.5, 0.6) is 5.75 Å². The first-order valence-corrected chi connectivity index (χ1v) is 9.33. The van der Waals surface area contributed by atoms with Gasteiger partial charge in [0, 0.05) is 11.1 Å². The molecule has 3 aromatic carbocycles. The van der Waals surface area contributed by atoms with Gasteiger partial charge in [-0.15, -0.1) is 0 Å². The molecule has 1 aliphatic carbocycles. The Labute approximate surface area is 172 Å². The lowest BCUT2D eigenvalue weighted by atomic mass is 9.72. The summed E-state index contributed by atoms with van der Waals surface area (Å²) >= 11 is 0. The van der Waals surface area contributed by atoms with Crippen molar-refractivity contribution in [2.24, 2.45) is 5.41 Å². The molecular formula is C24H20O6. The second-order valence-corrected chi connectivity index (χ2v) is 7.08. The molecule has 1 unspecified atom stereocenters. The average Bonchev–Trinajstić information content (AvgIpc) is 2.78. The highest BCUT2D eigenvalue weighted by Gasteiger charge is 2.55. The number of benzene rings is 3. The van der Waals surface area contributed by atoms with E-state index in [1.807, 2.05) is 24.3 Å². The van der Waals surface area contributed by atoms with Gasteiger partial charge in [-0.05, 0) is 33.4 Å². The van der Waals surface area contributed by atoms with Crippen LogP contribution in [0.3, 0.4) is 0 Å². The van der Waals surface area contributed by atoms with Crippen LogP contribution in [0.4, 0.5) is 0 Å². The molecule has 152 valence electrons. The highest BCUT2D eigenvalue weighted by molar-refractivity contribution is 6.11. The van der Waals surface area contributed by atoms with E-state index in [0.717, 1.165) is 19.6 Å². The van der Waals surface area contributed by atoms with E-state index in [4.69, 9.17) is 9.47 Å². The second-order valence-electron chi connectivity index (χ2n) is 7.08. The molecule has 0 aromatic heterocycles. The Morgan fingerprint density at radius 3 is 2.23 bits per heavy atom. The van der Waals surface area contributed by atoms with Crippen LogP contribution in [0.25, 0.3) is 22.4 Å². The molecule has 6 heteroatoms. The van der Waals surface area contributed by atoms with E-state index in [2.05, 4.69) is 0 Å². The second kappa shape index (κ2) is 7.31. The van der Waals surface area contributed by atoms with Gasteiger partial charge in [-0.1, -0.05) is 54.6 Å². The number of phenols is 1. The van der Waals surface area contributed by atoms with Crippen LogP contribution in [0.1, 0.15) is 5.56 Å². The molecule has 3 aromatic rings. The van der Waals surface area contributed by atoms with Crippen molar-refractivity contribution in [1.29, 1.82) is 0 Å². The van der Waals surface area contributed by atoms with Crippen molar-refractivity contribution in [3.63, 3.8) is 0 Å². The van der Waals surface area contributed by atoms with Gasteiger partial charge in [0.15, 0.2) is 0 Å². The average molecular weight is 404 g/mol. The summed E-state index contributed by atoms with van der Waals surface area (Å²) in [5.41, 5.74) is -1.52. The molecule has 6 nitrogen and oxygen atoms in total. The van der Waals surface area contributed by atoms with Gasteiger partial charge in [-0.25, -0.2) is 0 Å². The molecular weight excluding hydrogens is 384 g/mol. The molecule has 1 atom stereocenters. The van der Waals surface area contributed by atoms with Gasteiger partial charge < -0.3 is 19.7 Å². The molecule has 0 radical (unpaired) electrons. The molecule has 0 amide bonds. The fourth-order valence-corrected chi connectivity index (χ4v) is 4.14. The summed E-state index contributed by atoms with van der Waals surface area (Å²) in [6.45, 7) is 0. The number of aliphatic hydroxyl groups excluding tert-OH is 1. The Kier molecular flexibility index (Phi) is 4.79. The number of fused-ring (bicyclic) bond motifs is 2. The highest BCUT2D eigenvalue weighted by Crippen LogP contribution is 2.41. The zero-order valence-electron chi connectivity index (χ0n) is 16.5. The van der Waals surface area contributed by atoms with E-state index in [1.165, 1.54) is 12.1 Å². The maximum Gasteiger partial charge on any atom is 0.330 e. The first-order chi connectivity index (χ1) is 14.5. The molecule has 1 aliphatic rings. The molecule has 0 aliphatic heterocycles. The van der Waals surface area contributed by atoms with Crippen molar-refractivity contribution < 1.29 is 29.3 Å². The van der Waals surface area contributed by atoms with Crippen LogP contribution in [0.2, 0.25) is 0 Å². The van der Waals surface area contributed by atoms with Crippen LogP contribution < -0.4 is 10.4 Å². The van der Waals surface area contributed by atoms with Gasteiger partial charge in [-0.3, -0.25) is 9.59 Å². The predicted molar refractivity (Wildman–Crippen MR) is 111 cm³/mol. The Bertz CT molecular complexity index is 1270. The summed E-state index contributed by atoms with van der Waals surface area (Å²) in [4.78, 5) is 25.7. The van der Waals surface area contributed by atoms with Crippen LogP contribution in [-0.2, 0) is 19.1 Å². The van der Waals surface area contributed by atoms with E-state index in [-0.39, 0.29) is 11.3 Å². The van der Waals surface area contributed by atoms with E-state index in [0.29, 0.717) is 21.4 Å². The maximum atomic E-state index is 12.8. The summed E-state index contributed by atoms with van der Waals surface area (Å²) in [5, 5.41) is 24.9. The third-order valence-corrected chi connectivity index (χ3v) is 5.56. The van der Waals surface area contributed by atoms with Gasteiger partial charge >= 0.3 is 11.9 Å². The zero-order chi connectivity index (χ0) is 21.5. The predicted octanol–water partition coefficient (Wildman–Crippen LogP) is 1.23. The third-order valence-electron chi connectivity index (χ3n) is 5.56. The number of esters is 2. The quantitative estimate of drug-likeness (QED) is 0.504. The number of methoxy groups -OCH3 is 2. The summed E-state index contributed by atoms with van der Waals surface area (Å²) in [6, 6.07) is 17.7. The lowest BCUT2D eigenvalue weighted by molar-refractivity contribution is -0.168. The summed E-state index contributed by atoms with van der Waals surface area (Å²) < 4.78 is 9.79. The number of hydrogen-bond donors (Lipinski definition) is 2. The van der Waals surface area contributed by atoms with Crippen molar-refractivity contribution in [3.8, 4) is 5.75 Å². The zero-order valence-corrected chi connectivity index (χ0v) is 16.5. The summed E-state index contributed by atoms with van der Waals surface area (Å²) in [7, 11) is 2.28. The van der Waals surface area contributed by atoms with E-state index in [1.54, 1.807) is 30.3 Å². The fraction of sp³-hybridized carbons (Fsp3) is 0.167. The van der Waals surface area contributed by atoms with E-state index >= 15 is 0 Å². The first-order valence-electron chi connectivity index (χ1n) is 9.33. The fourth-order valence-electron chi connectivity index (χ4n) is 4.14. The Morgan fingerprint density at radius 2 is 1.53 bits per heavy atom. The van der Waals surface area contributed by atoms with E-state index < -0.39 is 23.5 Å². The minimum absolute atomic E-state index is 0.0805. The maximum absolute atomic E-state index is 12.8. The number of aliphatic hydroxyl groups is 1.